The molecule has 2 amide bonds. The number of nitrogens with two attached hydrogens (primary N) is 2. The van der Waals surface area contributed by atoms with Crippen LogP contribution >= 0.6 is 0 Å². The van der Waals surface area contributed by atoms with Gasteiger partial charge in [0.2, 0.25) is 0 Å². The average Bonchev–Trinajstić information content (AvgIpc) is 2.65. The molecule has 0 aliphatic heterocycles. The van der Waals surface area contributed by atoms with Gasteiger partial charge in [0.05, 0.1) is 11.9 Å². The Morgan fingerprint density at radius 1 is 1.15 bits per heavy atom. The maximum absolute atomic E-state index is 12.0. The molecule has 7 nitrogen and oxygen atoms in total. The van der Waals surface area contributed by atoms with Crippen LogP contribution in [0.15, 0.2) is 53.7 Å². The molecule has 4 N–H and O–H groups in total. The van der Waals surface area contributed by atoms with E-state index in [0.29, 0.717) is 17.9 Å². The predicted octanol–water partition coefficient (Wildman–Crippen LogP) is 2.58. The van der Waals surface area contributed by atoms with Crippen LogP contribution in [0.1, 0.15) is 23.1 Å². The highest BCUT2D eigenvalue weighted by molar-refractivity contribution is 5.98. The van der Waals surface area contributed by atoms with Crippen molar-refractivity contribution >= 4 is 17.9 Å². The van der Waals surface area contributed by atoms with E-state index in [1.807, 2.05) is 37.3 Å². The molecule has 0 radical (unpaired) electrons. The second-order valence-corrected chi connectivity index (χ2v) is 5.93. The zero-order valence-electron chi connectivity index (χ0n) is 15.1. The molecule has 0 atom stereocenters. The molecule has 2 aromatic rings. The quantitative estimate of drug-likeness (QED) is 0.262. The van der Waals surface area contributed by atoms with Crippen molar-refractivity contribution in [3.05, 3.63) is 65.2 Å². The molecule has 0 heterocycles. The van der Waals surface area contributed by atoms with Crippen LogP contribution in [0.3, 0.4) is 0 Å². The van der Waals surface area contributed by atoms with Gasteiger partial charge in [-0.05, 0) is 37.0 Å². The Hall–Kier alpha value is -2.90. The fraction of sp³-hybridized carbons (Fsp3) is 0.263. The SMILES string of the molecule is Cc1cccc(N(N)C(=O)N(C)N)c1/C=N\OCCCc1ccccc1. The molecule has 2 rings (SSSR count). The predicted molar refractivity (Wildman–Crippen MR) is 104 cm³/mol. The van der Waals surface area contributed by atoms with Crippen LogP contribution in [-0.4, -0.2) is 30.9 Å². The molecule has 7 heteroatoms. The van der Waals surface area contributed by atoms with E-state index in [0.717, 1.165) is 28.4 Å². The molecule has 0 aromatic heterocycles. The summed E-state index contributed by atoms with van der Waals surface area (Å²) in [5.74, 6) is 11.4. The summed E-state index contributed by atoms with van der Waals surface area (Å²) in [4.78, 5) is 17.3. The minimum absolute atomic E-state index is 0.503. The van der Waals surface area contributed by atoms with E-state index in [1.54, 1.807) is 12.3 Å². The summed E-state index contributed by atoms with van der Waals surface area (Å²) in [7, 11) is 1.43. The Balaban J connectivity index is 1.95. The number of benzene rings is 2. The number of carbonyl (C=O) groups is 1. The van der Waals surface area contributed by atoms with Gasteiger partial charge in [-0.15, -0.1) is 0 Å². The number of amides is 2. The Labute approximate surface area is 153 Å². The number of oxime groups is 1. The highest BCUT2D eigenvalue weighted by Crippen LogP contribution is 2.21. The van der Waals surface area contributed by atoms with Gasteiger partial charge in [-0.25, -0.2) is 21.5 Å². The molecule has 0 unspecified atom stereocenters. The van der Waals surface area contributed by atoms with Crippen molar-refractivity contribution in [1.82, 2.24) is 5.01 Å². The van der Waals surface area contributed by atoms with Gasteiger partial charge in [-0.3, -0.25) is 5.01 Å². The van der Waals surface area contributed by atoms with Crippen molar-refractivity contribution < 1.29 is 9.63 Å². The van der Waals surface area contributed by atoms with Crippen LogP contribution in [0.4, 0.5) is 10.5 Å². The van der Waals surface area contributed by atoms with Crippen LogP contribution in [0.5, 0.6) is 0 Å². The third kappa shape index (κ3) is 5.30. The molecule has 0 fully saturated rings. The fourth-order valence-corrected chi connectivity index (χ4v) is 2.44. The first-order chi connectivity index (χ1) is 12.5. The van der Waals surface area contributed by atoms with Gasteiger partial charge < -0.3 is 4.84 Å². The molecule has 0 saturated heterocycles. The number of aryl methyl sites for hydroxylation is 2. The number of urea groups is 1. The van der Waals surface area contributed by atoms with Gasteiger partial charge in [-0.1, -0.05) is 47.6 Å². The molecule has 26 heavy (non-hydrogen) atoms. The van der Waals surface area contributed by atoms with Crippen LogP contribution in [0.2, 0.25) is 0 Å². The lowest BCUT2D eigenvalue weighted by molar-refractivity contribution is 0.143. The van der Waals surface area contributed by atoms with Crippen molar-refractivity contribution in [2.45, 2.75) is 19.8 Å². The Morgan fingerprint density at radius 2 is 1.88 bits per heavy atom. The third-order valence-corrected chi connectivity index (χ3v) is 3.87. The zero-order chi connectivity index (χ0) is 18.9. The minimum atomic E-state index is -0.533. The van der Waals surface area contributed by atoms with Crippen molar-refractivity contribution in [1.29, 1.82) is 0 Å². The molecular formula is C19H25N5O2. The van der Waals surface area contributed by atoms with E-state index in [-0.39, 0.29) is 0 Å². The van der Waals surface area contributed by atoms with E-state index in [4.69, 9.17) is 16.5 Å². The first-order valence-corrected chi connectivity index (χ1v) is 8.36. The topological polar surface area (TPSA) is 97.2 Å². The number of rotatable bonds is 7. The second-order valence-electron chi connectivity index (χ2n) is 5.93. The zero-order valence-corrected chi connectivity index (χ0v) is 15.1. The Bertz CT molecular complexity index is 747. The molecule has 0 saturated carbocycles. The Morgan fingerprint density at radius 3 is 2.58 bits per heavy atom. The molecule has 0 bridgehead atoms. The minimum Gasteiger partial charge on any atom is -0.396 e. The maximum atomic E-state index is 12.0. The summed E-state index contributed by atoms with van der Waals surface area (Å²) < 4.78 is 0. The summed E-state index contributed by atoms with van der Waals surface area (Å²) in [6.45, 7) is 2.41. The first kappa shape index (κ1) is 19.4. The molecule has 0 spiro atoms. The molecule has 0 aliphatic rings. The average molecular weight is 355 g/mol. The van der Waals surface area contributed by atoms with Crippen LogP contribution in [-0.2, 0) is 11.3 Å². The third-order valence-electron chi connectivity index (χ3n) is 3.87. The smallest absolute Gasteiger partial charge is 0.352 e. The highest BCUT2D eigenvalue weighted by atomic mass is 16.6. The van der Waals surface area contributed by atoms with E-state index in [2.05, 4.69) is 17.3 Å². The van der Waals surface area contributed by atoms with E-state index < -0.39 is 6.03 Å². The van der Waals surface area contributed by atoms with Crippen molar-refractivity contribution in [2.75, 3.05) is 18.7 Å². The second kappa shape index (κ2) is 9.55. The molecule has 2 aromatic carbocycles. The molecule has 0 aliphatic carbocycles. The molecular weight excluding hydrogens is 330 g/mol. The molecule has 138 valence electrons. The van der Waals surface area contributed by atoms with Crippen molar-refractivity contribution in [2.24, 2.45) is 16.8 Å². The summed E-state index contributed by atoms with van der Waals surface area (Å²) >= 11 is 0. The van der Waals surface area contributed by atoms with E-state index >= 15 is 0 Å². The van der Waals surface area contributed by atoms with Gasteiger partial charge in [0.1, 0.15) is 6.61 Å². The summed E-state index contributed by atoms with van der Waals surface area (Å²) in [5, 5.41) is 5.93. The van der Waals surface area contributed by atoms with Gasteiger partial charge in [0.25, 0.3) is 0 Å². The van der Waals surface area contributed by atoms with Gasteiger partial charge in [-0.2, -0.15) is 0 Å². The monoisotopic (exact) mass is 355 g/mol. The number of anilines is 1. The van der Waals surface area contributed by atoms with Crippen molar-refractivity contribution in [3.8, 4) is 0 Å². The summed E-state index contributed by atoms with van der Waals surface area (Å²) in [5.41, 5.74) is 3.39. The number of nitrogens with zero attached hydrogens (tertiary/aromatic N) is 3. The first-order valence-electron chi connectivity index (χ1n) is 8.36. The number of hydrogen-bond donors (Lipinski definition) is 2. The van der Waals surface area contributed by atoms with Crippen LogP contribution < -0.4 is 16.7 Å². The van der Waals surface area contributed by atoms with Gasteiger partial charge in [0.15, 0.2) is 0 Å². The fourth-order valence-electron chi connectivity index (χ4n) is 2.44. The summed E-state index contributed by atoms with van der Waals surface area (Å²) in [6, 6.07) is 15.1. The maximum Gasteiger partial charge on any atom is 0.352 e. The Kier molecular flexibility index (Phi) is 7.13. The van der Waals surface area contributed by atoms with E-state index in [1.165, 1.54) is 12.6 Å². The van der Waals surface area contributed by atoms with Crippen LogP contribution in [0, 0.1) is 6.92 Å². The number of hydrogen-bond acceptors (Lipinski definition) is 5. The lowest BCUT2D eigenvalue weighted by atomic mass is 10.1. The van der Waals surface area contributed by atoms with E-state index in [9.17, 15) is 4.79 Å². The largest absolute Gasteiger partial charge is 0.396 e. The lowest BCUT2D eigenvalue weighted by Crippen LogP contribution is -2.49. The highest BCUT2D eigenvalue weighted by Gasteiger charge is 2.17. The van der Waals surface area contributed by atoms with Gasteiger partial charge >= 0.3 is 6.03 Å². The standard InChI is InChI=1S/C19H25N5O2/c1-15-8-6-12-18(24(21)19(25)23(2)20)17(15)14-22-26-13-7-11-16-9-4-3-5-10-16/h3-6,8-10,12,14H,7,11,13,20-21H2,1-2H3/b22-14-. The van der Waals surface area contributed by atoms with Crippen LogP contribution in [0.25, 0.3) is 0 Å². The number of hydrazine groups is 2. The van der Waals surface area contributed by atoms with Crippen molar-refractivity contribution in [3.63, 3.8) is 0 Å². The number of carbonyl (C=O) groups excluding carboxylic acids is 1. The lowest BCUT2D eigenvalue weighted by Gasteiger charge is -2.22. The summed E-state index contributed by atoms with van der Waals surface area (Å²) in [6.07, 6.45) is 3.36. The van der Waals surface area contributed by atoms with Gasteiger partial charge in [0, 0.05) is 12.6 Å². The normalized spacial score (nSPS) is 10.8.